The van der Waals surface area contributed by atoms with Crippen LogP contribution in [-0.4, -0.2) is 13.0 Å². The molecule has 4 nitrogen and oxygen atoms in total. The van der Waals surface area contributed by atoms with Crippen molar-refractivity contribution in [3.8, 4) is 0 Å². The van der Waals surface area contributed by atoms with E-state index < -0.39 is 5.91 Å². The Labute approximate surface area is 136 Å². The molecule has 0 fully saturated rings. The van der Waals surface area contributed by atoms with E-state index in [2.05, 4.69) is 15.9 Å². The van der Waals surface area contributed by atoms with Gasteiger partial charge >= 0.3 is 0 Å². The zero-order valence-corrected chi connectivity index (χ0v) is 13.8. The van der Waals surface area contributed by atoms with Gasteiger partial charge in [0, 0.05) is 23.8 Å². The highest BCUT2D eigenvalue weighted by atomic mass is 79.9. The Hall–Kier alpha value is -1.72. The van der Waals surface area contributed by atoms with Gasteiger partial charge in [0.15, 0.2) is 0 Å². The molecule has 0 aliphatic heterocycles. The minimum atomic E-state index is -0.557. The van der Waals surface area contributed by atoms with E-state index in [4.69, 9.17) is 23.1 Å². The molecular weight excluding hydrogens is 354 g/mol. The fourth-order valence-electron chi connectivity index (χ4n) is 2.16. The molecule has 2 aromatic rings. The van der Waals surface area contributed by atoms with Crippen LogP contribution in [0.2, 0.25) is 5.02 Å². The van der Waals surface area contributed by atoms with Gasteiger partial charge in [-0.2, -0.15) is 0 Å². The van der Waals surface area contributed by atoms with Crippen LogP contribution < -0.4 is 16.4 Å². The highest BCUT2D eigenvalue weighted by Gasteiger charge is 2.17. The van der Waals surface area contributed by atoms with Crippen LogP contribution >= 0.6 is 27.5 Å². The Balaban J connectivity index is 2.42. The van der Waals surface area contributed by atoms with Crippen LogP contribution in [0.5, 0.6) is 0 Å². The lowest BCUT2D eigenvalue weighted by atomic mass is 10.1. The lowest BCUT2D eigenvalue weighted by molar-refractivity contribution is 0.100. The van der Waals surface area contributed by atoms with E-state index in [9.17, 15) is 4.79 Å². The first kappa shape index (κ1) is 15.7. The Kier molecular flexibility index (Phi) is 4.75. The molecule has 0 saturated heterocycles. The number of rotatable bonds is 4. The predicted octanol–water partition coefficient (Wildman–Crippen LogP) is 3.42. The number of carbonyl (C=O) groups excluding carboxylic acids is 1. The maximum atomic E-state index is 11.6. The number of nitrogens with two attached hydrogens (primary N) is 2. The van der Waals surface area contributed by atoms with E-state index >= 15 is 0 Å². The van der Waals surface area contributed by atoms with Gasteiger partial charge in [0.2, 0.25) is 0 Å². The van der Waals surface area contributed by atoms with Gasteiger partial charge in [-0.15, -0.1) is 0 Å². The van der Waals surface area contributed by atoms with E-state index in [-0.39, 0.29) is 0 Å². The third kappa shape index (κ3) is 3.49. The molecule has 4 N–H and O–H groups in total. The number of halogens is 2. The molecule has 1 amide bonds. The van der Waals surface area contributed by atoms with Gasteiger partial charge in [-0.25, -0.2) is 0 Å². The fourth-order valence-corrected chi connectivity index (χ4v) is 2.94. The first-order valence-electron chi connectivity index (χ1n) is 6.23. The molecule has 0 aliphatic rings. The molecule has 110 valence electrons. The first-order valence-corrected chi connectivity index (χ1v) is 7.40. The largest absolute Gasteiger partial charge is 0.399 e. The van der Waals surface area contributed by atoms with Crippen LogP contribution in [0.25, 0.3) is 0 Å². The molecular formula is C15H15BrClN3O. The molecule has 0 aromatic heterocycles. The monoisotopic (exact) mass is 367 g/mol. The summed E-state index contributed by atoms with van der Waals surface area (Å²) in [5.41, 5.74) is 13.5. The van der Waals surface area contributed by atoms with E-state index in [0.717, 1.165) is 10.0 Å². The summed E-state index contributed by atoms with van der Waals surface area (Å²) in [6.07, 6.45) is 0. The Morgan fingerprint density at radius 3 is 2.62 bits per heavy atom. The maximum absolute atomic E-state index is 11.6. The van der Waals surface area contributed by atoms with Crippen molar-refractivity contribution in [1.82, 2.24) is 0 Å². The number of nitrogens with zero attached hydrogens (tertiary/aromatic N) is 1. The van der Waals surface area contributed by atoms with Gasteiger partial charge in [0.1, 0.15) is 0 Å². The average molecular weight is 369 g/mol. The van der Waals surface area contributed by atoms with Gasteiger partial charge < -0.3 is 16.4 Å². The second-order valence-corrected chi connectivity index (χ2v) is 5.97. The van der Waals surface area contributed by atoms with E-state index in [1.807, 2.05) is 36.2 Å². The van der Waals surface area contributed by atoms with E-state index in [1.54, 1.807) is 12.1 Å². The second kappa shape index (κ2) is 6.37. The van der Waals surface area contributed by atoms with Crippen molar-refractivity contribution < 1.29 is 4.79 Å². The SMILES string of the molecule is CN(Cc1ccccc1Br)c1c(Cl)cc(N)cc1C(N)=O. The minimum Gasteiger partial charge on any atom is -0.399 e. The summed E-state index contributed by atoms with van der Waals surface area (Å²) in [6, 6.07) is 11.0. The van der Waals surface area contributed by atoms with Crippen molar-refractivity contribution >= 4 is 44.8 Å². The van der Waals surface area contributed by atoms with Crippen LogP contribution in [0.3, 0.4) is 0 Å². The molecule has 0 heterocycles. The molecule has 6 heteroatoms. The van der Waals surface area contributed by atoms with Crippen molar-refractivity contribution in [3.05, 3.63) is 57.0 Å². The maximum Gasteiger partial charge on any atom is 0.250 e. The van der Waals surface area contributed by atoms with Crippen LogP contribution in [0.4, 0.5) is 11.4 Å². The van der Waals surface area contributed by atoms with Gasteiger partial charge in [-0.05, 0) is 23.8 Å². The number of primary amides is 1. The summed E-state index contributed by atoms with van der Waals surface area (Å²) in [7, 11) is 1.85. The highest BCUT2D eigenvalue weighted by molar-refractivity contribution is 9.10. The molecule has 0 radical (unpaired) electrons. The zero-order valence-electron chi connectivity index (χ0n) is 11.4. The van der Waals surface area contributed by atoms with Crippen molar-refractivity contribution in [1.29, 1.82) is 0 Å². The number of anilines is 2. The Morgan fingerprint density at radius 1 is 1.33 bits per heavy atom. The standard InChI is InChI=1S/C15H15BrClN3O/c1-20(8-9-4-2-3-5-12(9)16)14-11(15(19)21)6-10(18)7-13(14)17/h2-7H,8,18H2,1H3,(H2,19,21). The third-order valence-electron chi connectivity index (χ3n) is 3.10. The molecule has 0 atom stereocenters. The lowest BCUT2D eigenvalue weighted by Gasteiger charge is -2.24. The molecule has 2 aromatic carbocycles. The van der Waals surface area contributed by atoms with Crippen molar-refractivity contribution in [2.45, 2.75) is 6.54 Å². The number of benzene rings is 2. The topological polar surface area (TPSA) is 72.3 Å². The summed E-state index contributed by atoms with van der Waals surface area (Å²) in [6.45, 7) is 0.575. The van der Waals surface area contributed by atoms with Gasteiger partial charge in [-0.1, -0.05) is 45.7 Å². The molecule has 0 aliphatic carbocycles. The van der Waals surface area contributed by atoms with E-state index in [0.29, 0.717) is 28.5 Å². The highest BCUT2D eigenvalue weighted by Crippen LogP contribution is 2.33. The Morgan fingerprint density at radius 2 is 2.00 bits per heavy atom. The van der Waals surface area contributed by atoms with E-state index in [1.165, 1.54) is 0 Å². The number of nitrogen functional groups attached to an aromatic ring is 1. The zero-order chi connectivity index (χ0) is 15.6. The summed E-state index contributed by atoms with van der Waals surface area (Å²) in [4.78, 5) is 13.5. The summed E-state index contributed by atoms with van der Waals surface area (Å²) in [5, 5.41) is 0.401. The molecule has 0 unspecified atom stereocenters. The van der Waals surface area contributed by atoms with Crippen LogP contribution in [-0.2, 0) is 6.54 Å². The third-order valence-corrected chi connectivity index (χ3v) is 4.16. The molecule has 0 spiro atoms. The van der Waals surface area contributed by atoms with Crippen LogP contribution in [0.1, 0.15) is 15.9 Å². The smallest absolute Gasteiger partial charge is 0.250 e. The number of hydrogen-bond donors (Lipinski definition) is 2. The van der Waals surface area contributed by atoms with Gasteiger partial charge in [0.25, 0.3) is 5.91 Å². The van der Waals surface area contributed by atoms with Crippen molar-refractivity contribution in [2.24, 2.45) is 5.73 Å². The molecule has 21 heavy (non-hydrogen) atoms. The van der Waals surface area contributed by atoms with Crippen LogP contribution in [0, 0.1) is 0 Å². The lowest BCUT2D eigenvalue weighted by Crippen LogP contribution is -2.23. The summed E-state index contributed by atoms with van der Waals surface area (Å²) >= 11 is 9.74. The summed E-state index contributed by atoms with van der Waals surface area (Å²) in [5.74, 6) is -0.557. The summed E-state index contributed by atoms with van der Waals surface area (Å²) < 4.78 is 0.990. The molecule has 0 bridgehead atoms. The fraction of sp³-hybridized carbons (Fsp3) is 0.133. The molecule has 2 rings (SSSR count). The number of carbonyl (C=O) groups is 1. The normalized spacial score (nSPS) is 10.4. The van der Waals surface area contributed by atoms with Crippen molar-refractivity contribution in [3.63, 3.8) is 0 Å². The number of amides is 1. The van der Waals surface area contributed by atoms with Crippen LogP contribution in [0.15, 0.2) is 40.9 Å². The van der Waals surface area contributed by atoms with Gasteiger partial charge in [-0.3, -0.25) is 4.79 Å². The quantitative estimate of drug-likeness (QED) is 0.812. The minimum absolute atomic E-state index is 0.314. The predicted molar refractivity (Wildman–Crippen MR) is 90.6 cm³/mol. The first-order chi connectivity index (χ1) is 9.90. The van der Waals surface area contributed by atoms with Gasteiger partial charge in [0.05, 0.1) is 16.3 Å². The Bertz CT molecular complexity index is 691. The van der Waals surface area contributed by atoms with Crippen molar-refractivity contribution in [2.75, 3.05) is 17.7 Å². The number of hydrogen-bond acceptors (Lipinski definition) is 3. The average Bonchev–Trinajstić information content (AvgIpc) is 2.40. The second-order valence-electron chi connectivity index (χ2n) is 4.71. The molecule has 0 saturated carbocycles.